The van der Waals surface area contributed by atoms with Crippen LogP contribution in [0.1, 0.15) is 23.1 Å². The molecule has 3 rings (SSSR count). The van der Waals surface area contributed by atoms with Gasteiger partial charge in [0.25, 0.3) is 0 Å². The third-order valence-electron chi connectivity index (χ3n) is 5.14. The number of amides is 2. The first-order valence-corrected chi connectivity index (χ1v) is 10.1. The van der Waals surface area contributed by atoms with Crippen molar-refractivity contribution in [3.63, 3.8) is 0 Å². The summed E-state index contributed by atoms with van der Waals surface area (Å²) in [6.45, 7) is 4.34. The van der Waals surface area contributed by atoms with Crippen LogP contribution in [0.4, 0.5) is 0 Å². The molecule has 1 saturated heterocycles. The van der Waals surface area contributed by atoms with Gasteiger partial charge in [0.05, 0.1) is 19.6 Å². The molecule has 0 bridgehead atoms. The molecule has 2 amide bonds. The van der Waals surface area contributed by atoms with Crippen molar-refractivity contribution in [2.45, 2.75) is 31.8 Å². The van der Waals surface area contributed by atoms with Crippen molar-refractivity contribution < 1.29 is 14.3 Å². The number of morpholine rings is 1. The summed E-state index contributed by atoms with van der Waals surface area (Å²) < 4.78 is 5.37. The largest absolute Gasteiger partial charge is 0.379 e. The Morgan fingerprint density at radius 2 is 1.62 bits per heavy atom. The minimum absolute atomic E-state index is 0.192. The Kier molecular flexibility index (Phi) is 7.78. The van der Waals surface area contributed by atoms with E-state index in [0.717, 1.165) is 44.0 Å². The van der Waals surface area contributed by atoms with Gasteiger partial charge in [-0.1, -0.05) is 54.6 Å². The molecule has 2 aromatic carbocycles. The van der Waals surface area contributed by atoms with Gasteiger partial charge in [-0.05, 0) is 29.5 Å². The molecular weight excluding hydrogens is 366 g/mol. The molecule has 154 valence electrons. The molecule has 6 nitrogen and oxygen atoms in total. The smallest absolute Gasteiger partial charge is 0.240 e. The normalized spacial score (nSPS) is 15.6. The van der Waals surface area contributed by atoms with Gasteiger partial charge in [0.1, 0.15) is 6.04 Å². The second kappa shape index (κ2) is 10.7. The lowest BCUT2D eigenvalue weighted by atomic mass is 10.0. The molecule has 0 unspecified atom stereocenters. The van der Waals surface area contributed by atoms with Gasteiger partial charge < -0.3 is 15.8 Å². The number of nitrogens with one attached hydrogen (secondary N) is 1. The average molecular weight is 396 g/mol. The van der Waals surface area contributed by atoms with Gasteiger partial charge in [0, 0.05) is 19.6 Å². The number of primary amides is 1. The van der Waals surface area contributed by atoms with Crippen LogP contribution in [0.25, 0.3) is 0 Å². The maximum atomic E-state index is 12.4. The summed E-state index contributed by atoms with van der Waals surface area (Å²) in [4.78, 5) is 26.5. The number of carbonyl (C=O) groups is 2. The van der Waals surface area contributed by atoms with E-state index < -0.39 is 11.9 Å². The van der Waals surface area contributed by atoms with Crippen LogP contribution in [0.2, 0.25) is 0 Å². The van der Waals surface area contributed by atoms with Crippen molar-refractivity contribution in [1.29, 1.82) is 0 Å². The summed E-state index contributed by atoms with van der Waals surface area (Å²) in [6, 6.07) is 17.2. The Morgan fingerprint density at radius 3 is 2.28 bits per heavy atom. The molecule has 0 aromatic heterocycles. The number of hydrogen-bond donors (Lipinski definition) is 2. The first-order valence-electron chi connectivity index (χ1n) is 10.1. The van der Waals surface area contributed by atoms with Crippen LogP contribution in [0.3, 0.4) is 0 Å². The van der Waals surface area contributed by atoms with Gasteiger partial charge in [-0.3, -0.25) is 14.5 Å². The maximum absolute atomic E-state index is 12.4. The first-order chi connectivity index (χ1) is 14.1. The predicted molar refractivity (Wildman–Crippen MR) is 112 cm³/mol. The van der Waals surface area contributed by atoms with Crippen LogP contribution in [0.15, 0.2) is 54.6 Å². The highest BCUT2D eigenvalue weighted by molar-refractivity contribution is 5.87. The third kappa shape index (κ3) is 7.00. The van der Waals surface area contributed by atoms with E-state index in [2.05, 4.69) is 22.3 Å². The monoisotopic (exact) mass is 395 g/mol. The molecule has 0 aliphatic carbocycles. The van der Waals surface area contributed by atoms with Crippen molar-refractivity contribution in [3.8, 4) is 0 Å². The van der Waals surface area contributed by atoms with Gasteiger partial charge in [0.15, 0.2) is 0 Å². The molecule has 0 saturated carbocycles. The Balaban J connectivity index is 1.48. The molecule has 1 aliphatic heterocycles. The number of ether oxygens (including phenoxy) is 1. The highest BCUT2D eigenvalue weighted by Crippen LogP contribution is 2.10. The molecule has 3 N–H and O–H groups in total. The summed E-state index contributed by atoms with van der Waals surface area (Å²) in [5, 5.41) is 2.78. The van der Waals surface area contributed by atoms with E-state index >= 15 is 0 Å². The second-order valence-corrected chi connectivity index (χ2v) is 7.43. The van der Waals surface area contributed by atoms with E-state index in [4.69, 9.17) is 10.5 Å². The van der Waals surface area contributed by atoms with E-state index in [-0.39, 0.29) is 12.3 Å². The topological polar surface area (TPSA) is 84.7 Å². The van der Waals surface area contributed by atoms with E-state index in [1.807, 2.05) is 42.5 Å². The van der Waals surface area contributed by atoms with Crippen LogP contribution in [-0.4, -0.2) is 49.1 Å². The fraction of sp³-hybridized carbons (Fsp3) is 0.391. The lowest BCUT2D eigenvalue weighted by Gasteiger charge is -2.26. The predicted octanol–water partition coefficient (Wildman–Crippen LogP) is 1.66. The standard InChI is InChI=1S/C23H29N3O3/c24-23(28)21(11-10-18-4-2-1-3-5-18)25-22(27)16-19-6-8-20(9-7-19)17-26-12-14-29-15-13-26/h1-9,21H,10-17H2,(H2,24,28)(H,25,27)/t21-/m0/s1. The van der Waals surface area contributed by atoms with Gasteiger partial charge in [-0.25, -0.2) is 0 Å². The fourth-order valence-corrected chi connectivity index (χ4v) is 3.45. The van der Waals surface area contributed by atoms with Crippen molar-refractivity contribution in [1.82, 2.24) is 10.2 Å². The summed E-state index contributed by atoms with van der Waals surface area (Å²) >= 11 is 0. The molecular formula is C23H29N3O3. The summed E-state index contributed by atoms with van der Waals surface area (Å²) in [5.41, 5.74) is 8.73. The zero-order valence-corrected chi connectivity index (χ0v) is 16.7. The number of benzene rings is 2. The SMILES string of the molecule is NC(=O)[C@H](CCc1ccccc1)NC(=O)Cc1ccc(CN2CCOCC2)cc1. The Morgan fingerprint density at radius 1 is 0.966 bits per heavy atom. The first kappa shape index (κ1) is 21.0. The maximum Gasteiger partial charge on any atom is 0.240 e. The van der Waals surface area contributed by atoms with Crippen LogP contribution in [0.5, 0.6) is 0 Å². The third-order valence-corrected chi connectivity index (χ3v) is 5.14. The van der Waals surface area contributed by atoms with E-state index in [0.29, 0.717) is 12.8 Å². The second-order valence-electron chi connectivity index (χ2n) is 7.43. The van der Waals surface area contributed by atoms with Gasteiger partial charge in [-0.2, -0.15) is 0 Å². The molecule has 0 radical (unpaired) electrons. The molecule has 1 atom stereocenters. The van der Waals surface area contributed by atoms with Crippen molar-refractivity contribution in [2.75, 3.05) is 26.3 Å². The summed E-state index contributed by atoms with van der Waals surface area (Å²) in [6.07, 6.45) is 1.40. The molecule has 1 fully saturated rings. The van der Waals surface area contributed by atoms with Crippen LogP contribution >= 0.6 is 0 Å². The molecule has 1 aliphatic rings. The van der Waals surface area contributed by atoms with E-state index in [1.165, 1.54) is 5.56 Å². The van der Waals surface area contributed by atoms with Gasteiger partial charge >= 0.3 is 0 Å². The van der Waals surface area contributed by atoms with E-state index in [1.54, 1.807) is 0 Å². The highest BCUT2D eigenvalue weighted by atomic mass is 16.5. The van der Waals surface area contributed by atoms with Crippen molar-refractivity contribution in [3.05, 3.63) is 71.3 Å². The highest BCUT2D eigenvalue weighted by Gasteiger charge is 2.18. The fourth-order valence-electron chi connectivity index (χ4n) is 3.45. The Hall–Kier alpha value is -2.70. The van der Waals surface area contributed by atoms with Crippen LogP contribution in [0, 0.1) is 0 Å². The quantitative estimate of drug-likeness (QED) is 0.676. The Labute approximate surface area is 172 Å². The minimum Gasteiger partial charge on any atom is -0.379 e. The number of aryl methyl sites for hydroxylation is 1. The zero-order chi connectivity index (χ0) is 20.5. The average Bonchev–Trinajstić information content (AvgIpc) is 2.74. The van der Waals surface area contributed by atoms with Gasteiger partial charge in [-0.15, -0.1) is 0 Å². The molecule has 2 aromatic rings. The van der Waals surface area contributed by atoms with Crippen LogP contribution < -0.4 is 11.1 Å². The number of nitrogens with zero attached hydrogens (tertiary/aromatic N) is 1. The molecule has 6 heteroatoms. The number of carbonyl (C=O) groups excluding carboxylic acids is 2. The lowest BCUT2D eigenvalue weighted by molar-refractivity contribution is -0.127. The lowest BCUT2D eigenvalue weighted by Crippen LogP contribution is -2.45. The minimum atomic E-state index is -0.664. The molecule has 1 heterocycles. The Bertz CT molecular complexity index is 787. The van der Waals surface area contributed by atoms with Crippen molar-refractivity contribution in [2.24, 2.45) is 5.73 Å². The summed E-state index contributed by atoms with van der Waals surface area (Å²) in [5.74, 6) is -0.696. The van der Waals surface area contributed by atoms with Gasteiger partial charge in [0.2, 0.25) is 11.8 Å². The molecule has 29 heavy (non-hydrogen) atoms. The summed E-state index contributed by atoms with van der Waals surface area (Å²) in [7, 11) is 0. The van der Waals surface area contributed by atoms with E-state index in [9.17, 15) is 9.59 Å². The van der Waals surface area contributed by atoms with Crippen LogP contribution in [-0.2, 0) is 33.7 Å². The number of nitrogens with two attached hydrogens (primary N) is 1. The number of hydrogen-bond acceptors (Lipinski definition) is 4. The number of rotatable bonds is 9. The van der Waals surface area contributed by atoms with Crippen molar-refractivity contribution >= 4 is 11.8 Å². The molecule has 0 spiro atoms. The zero-order valence-electron chi connectivity index (χ0n) is 16.7.